The number of hydrogen-bond acceptors (Lipinski definition) is 3. The summed E-state index contributed by atoms with van der Waals surface area (Å²) in [7, 11) is 1.73. The van der Waals surface area contributed by atoms with Crippen molar-refractivity contribution in [3.63, 3.8) is 0 Å². The lowest BCUT2D eigenvalue weighted by Gasteiger charge is -2.22. The van der Waals surface area contributed by atoms with E-state index in [-0.39, 0.29) is 0 Å². The van der Waals surface area contributed by atoms with Crippen molar-refractivity contribution in [1.29, 1.82) is 0 Å². The van der Waals surface area contributed by atoms with Crippen LogP contribution < -0.4 is 10.1 Å². The van der Waals surface area contributed by atoms with Crippen molar-refractivity contribution < 1.29 is 4.74 Å². The molecule has 0 saturated heterocycles. The second kappa shape index (κ2) is 12.8. The second-order valence-electron chi connectivity index (χ2n) is 6.04. The van der Waals surface area contributed by atoms with Crippen molar-refractivity contribution >= 4 is 15.9 Å². The van der Waals surface area contributed by atoms with Gasteiger partial charge in [-0.15, -0.1) is 0 Å². The van der Waals surface area contributed by atoms with Crippen LogP contribution in [0.3, 0.4) is 0 Å². The maximum Gasteiger partial charge on any atom is 0.123 e. The number of ether oxygens (including phenoxy) is 1. The van der Waals surface area contributed by atoms with Crippen LogP contribution in [0, 0.1) is 0 Å². The molecule has 0 spiro atoms. The molecule has 0 unspecified atom stereocenters. The van der Waals surface area contributed by atoms with Crippen LogP contribution in [0.25, 0.3) is 0 Å². The van der Waals surface area contributed by atoms with E-state index in [1.165, 1.54) is 57.3 Å². The van der Waals surface area contributed by atoms with Crippen LogP contribution in [0.4, 0.5) is 0 Å². The van der Waals surface area contributed by atoms with E-state index in [0.717, 1.165) is 23.3 Å². The monoisotopic (exact) mass is 384 g/mol. The Morgan fingerprint density at radius 3 is 2.30 bits per heavy atom. The standard InChI is InChI=1S/C19H33BrN2O/c1-4-6-12-22(13-7-5-2)14-8-11-21-16-17-15-18(20)9-10-19(17)23-3/h9-10,15,21H,4-8,11-14,16H2,1-3H3. The topological polar surface area (TPSA) is 24.5 Å². The molecular formula is C19H33BrN2O. The van der Waals surface area contributed by atoms with Gasteiger partial charge in [0, 0.05) is 16.6 Å². The van der Waals surface area contributed by atoms with Gasteiger partial charge in [0.15, 0.2) is 0 Å². The molecule has 0 atom stereocenters. The van der Waals surface area contributed by atoms with Gasteiger partial charge in [0.05, 0.1) is 7.11 Å². The van der Waals surface area contributed by atoms with Gasteiger partial charge in [0.1, 0.15) is 5.75 Å². The molecule has 0 radical (unpaired) electrons. The van der Waals surface area contributed by atoms with Crippen molar-refractivity contribution in [2.75, 3.05) is 33.3 Å². The lowest BCUT2D eigenvalue weighted by molar-refractivity contribution is 0.261. The lowest BCUT2D eigenvalue weighted by atomic mass is 10.2. The molecule has 0 aliphatic carbocycles. The molecule has 1 rings (SSSR count). The summed E-state index contributed by atoms with van der Waals surface area (Å²) >= 11 is 3.53. The van der Waals surface area contributed by atoms with Crippen molar-refractivity contribution in [1.82, 2.24) is 10.2 Å². The zero-order valence-electron chi connectivity index (χ0n) is 15.0. The van der Waals surface area contributed by atoms with Crippen molar-refractivity contribution in [2.24, 2.45) is 0 Å². The molecule has 4 heteroatoms. The molecule has 0 saturated carbocycles. The summed E-state index contributed by atoms with van der Waals surface area (Å²) in [5.74, 6) is 0.952. The first-order valence-electron chi connectivity index (χ1n) is 8.96. The molecule has 0 aliphatic heterocycles. The molecule has 0 heterocycles. The normalized spacial score (nSPS) is 11.2. The summed E-state index contributed by atoms with van der Waals surface area (Å²) in [4.78, 5) is 2.62. The highest BCUT2D eigenvalue weighted by Crippen LogP contribution is 2.22. The average molecular weight is 385 g/mol. The van der Waals surface area contributed by atoms with Gasteiger partial charge in [-0.3, -0.25) is 0 Å². The fourth-order valence-corrected chi connectivity index (χ4v) is 3.04. The summed E-state index contributed by atoms with van der Waals surface area (Å²) in [6, 6.07) is 6.15. The van der Waals surface area contributed by atoms with E-state index in [0.29, 0.717) is 0 Å². The van der Waals surface area contributed by atoms with Crippen molar-refractivity contribution in [2.45, 2.75) is 52.5 Å². The molecule has 1 aromatic carbocycles. The van der Waals surface area contributed by atoms with Gasteiger partial charge >= 0.3 is 0 Å². The Kier molecular flexibility index (Phi) is 11.4. The number of nitrogens with zero attached hydrogens (tertiary/aromatic N) is 1. The Morgan fingerprint density at radius 2 is 1.70 bits per heavy atom. The van der Waals surface area contributed by atoms with Gasteiger partial charge in [0.2, 0.25) is 0 Å². The van der Waals surface area contributed by atoms with Crippen LogP contribution in [0.1, 0.15) is 51.5 Å². The Hall–Kier alpha value is -0.580. The molecule has 0 amide bonds. The van der Waals surface area contributed by atoms with Crippen LogP contribution in [0.15, 0.2) is 22.7 Å². The fourth-order valence-electron chi connectivity index (χ4n) is 2.63. The first-order valence-corrected chi connectivity index (χ1v) is 9.76. The Labute approximate surface area is 150 Å². The summed E-state index contributed by atoms with van der Waals surface area (Å²) in [6.07, 6.45) is 6.38. The number of rotatable bonds is 13. The van der Waals surface area contributed by atoms with Crippen molar-refractivity contribution in [3.8, 4) is 5.75 Å². The van der Waals surface area contributed by atoms with E-state index >= 15 is 0 Å². The van der Waals surface area contributed by atoms with Gasteiger partial charge in [-0.2, -0.15) is 0 Å². The predicted molar refractivity (Wildman–Crippen MR) is 103 cm³/mol. The van der Waals surface area contributed by atoms with E-state index in [9.17, 15) is 0 Å². The number of nitrogens with one attached hydrogen (secondary N) is 1. The number of methoxy groups -OCH3 is 1. The molecule has 0 aromatic heterocycles. The predicted octanol–water partition coefficient (Wildman–Crippen LogP) is 4.84. The highest BCUT2D eigenvalue weighted by atomic mass is 79.9. The molecule has 1 aromatic rings. The largest absolute Gasteiger partial charge is 0.496 e. The summed E-state index contributed by atoms with van der Waals surface area (Å²) in [5.41, 5.74) is 1.20. The summed E-state index contributed by atoms with van der Waals surface area (Å²) in [6.45, 7) is 10.1. The molecule has 0 bridgehead atoms. The number of hydrogen-bond donors (Lipinski definition) is 1. The average Bonchev–Trinajstić information content (AvgIpc) is 2.56. The van der Waals surface area contributed by atoms with E-state index in [4.69, 9.17) is 4.74 Å². The summed E-state index contributed by atoms with van der Waals surface area (Å²) < 4.78 is 6.51. The first-order chi connectivity index (χ1) is 11.2. The lowest BCUT2D eigenvalue weighted by Crippen LogP contribution is -2.29. The zero-order chi connectivity index (χ0) is 16.9. The van der Waals surface area contributed by atoms with E-state index in [1.807, 2.05) is 12.1 Å². The van der Waals surface area contributed by atoms with Gasteiger partial charge < -0.3 is 15.0 Å². The third-order valence-electron chi connectivity index (χ3n) is 4.04. The molecule has 0 fully saturated rings. The minimum absolute atomic E-state index is 0.854. The summed E-state index contributed by atoms with van der Waals surface area (Å²) in [5, 5.41) is 3.54. The Morgan fingerprint density at radius 1 is 1.04 bits per heavy atom. The van der Waals surface area contributed by atoms with E-state index in [1.54, 1.807) is 7.11 Å². The number of unbranched alkanes of at least 4 members (excludes halogenated alkanes) is 2. The Balaban J connectivity index is 2.28. The number of halogens is 1. The van der Waals surface area contributed by atoms with Gasteiger partial charge in [0.25, 0.3) is 0 Å². The van der Waals surface area contributed by atoms with Crippen LogP contribution in [-0.4, -0.2) is 38.2 Å². The van der Waals surface area contributed by atoms with E-state index < -0.39 is 0 Å². The SMILES string of the molecule is CCCCN(CCCC)CCCNCc1cc(Br)ccc1OC. The highest BCUT2D eigenvalue weighted by molar-refractivity contribution is 9.10. The highest BCUT2D eigenvalue weighted by Gasteiger charge is 2.05. The van der Waals surface area contributed by atoms with Gasteiger partial charge in [-0.1, -0.05) is 42.6 Å². The van der Waals surface area contributed by atoms with Crippen LogP contribution >= 0.6 is 15.9 Å². The minimum Gasteiger partial charge on any atom is -0.496 e. The maximum atomic E-state index is 5.42. The van der Waals surface area contributed by atoms with Crippen molar-refractivity contribution in [3.05, 3.63) is 28.2 Å². The molecule has 0 aliphatic rings. The third-order valence-corrected chi connectivity index (χ3v) is 4.53. The van der Waals surface area contributed by atoms with Gasteiger partial charge in [-0.25, -0.2) is 0 Å². The van der Waals surface area contributed by atoms with Gasteiger partial charge in [-0.05, 0) is 63.6 Å². The first kappa shape index (κ1) is 20.5. The quantitative estimate of drug-likeness (QED) is 0.492. The van der Waals surface area contributed by atoms with Crippen LogP contribution in [0.2, 0.25) is 0 Å². The smallest absolute Gasteiger partial charge is 0.123 e. The molecule has 132 valence electrons. The maximum absolute atomic E-state index is 5.42. The number of benzene rings is 1. The Bertz CT molecular complexity index is 418. The van der Waals surface area contributed by atoms with Crippen LogP contribution in [-0.2, 0) is 6.54 Å². The fraction of sp³-hybridized carbons (Fsp3) is 0.684. The third kappa shape index (κ3) is 8.73. The zero-order valence-corrected chi connectivity index (χ0v) is 16.6. The molecule has 3 nitrogen and oxygen atoms in total. The van der Waals surface area contributed by atoms with Crippen LogP contribution in [0.5, 0.6) is 5.75 Å². The second-order valence-corrected chi connectivity index (χ2v) is 6.95. The molecule has 1 N–H and O–H groups in total. The molecular weight excluding hydrogens is 352 g/mol. The molecule has 23 heavy (non-hydrogen) atoms. The minimum atomic E-state index is 0.854. The van der Waals surface area contributed by atoms with E-state index in [2.05, 4.69) is 46.1 Å².